The van der Waals surface area contributed by atoms with Crippen LogP contribution in [0.3, 0.4) is 0 Å². The molecular weight excluding hydrogens is 253 g/mol. The van der Waals surface area contributed by atoms with Gasteiger partial charge in [0.2, 0.25) is 0 Å². The second kappa shape index (κ2) is 7.46. The molecule has 0 bridgehead atoms. The lowest BCUT2D eigenvalue weighted by molar-refractivity contribution is 0.363. The van der Waals surface area contributed by atoms with Crippen molar-refractivity contribution in [2.24, 2.45) is 0 Å². The van der Waals surface area contributed by atoms with E-state index in [1.807, 2.05) is 24.3 Å². The Kier molecular flexibility index (Phi) is 5.33. The first-order valence-electron chi connectivity index (χ1n) is 6.56. The van der Waals surface area contributed by atoms with Gasteiger partial charge in [-0.15, -0.1) is 0 Å². The summed E-state index contributed by atoms with van der Waals surface area (Å²) in [6.45, 7) is 5.61. The number of ether oxygens (including phenoxy) is 1. The van der Waals surface area contributed by atoms with Gasteiger partial charge < -0.3 is 10.1 Å². The molecule has 0 aliphatic heterocycles. The Morgan fingerprint density at radius 2 is 1.50 bits per heavy atom. The summed E-state index contributed by atoms with van der Waals surface area (Å²) in [4.78, 5) is 0. The van der Waals surface area contributed by atoms with Crippen LogP contribution in [0.1, 0.15) is 11.1 Å². The minimum atomic E-state index is -0.205. The Morgan fingerprint density at radius 3 is 2.05 bits per heavy atom. The highest BCUT2D eigenvalue weighted by molar-refractivity contribution is 5.27. The van der Waals surface area contributed by atoms with Gasteiger partial charge in [0.15, 0.2) is 0 Å². The van der Waals surface area contributed by atoms with Gasteiger partial charge in [-0.05, 0) is 35.4 Å². The molecule has 0 aromatic heterocycles. The number of halogens is 1. The zero-order valence-electron chi connectivity index (χ0n) is 11.3. The molecule has 20 heavy (non-hydrogen) atoms. The average molecular weight is 271 g/mol. The summed E-state index contributed by atoms with van der Waals surface area (Å²) in [7, 11) is 0. The van der Waals surface area contributed by atoms with E-state index in [0.717, 1.165) is 24.4 Å². The second-order valence-electron chi connectivity index (χ2n) is 4.47. The van der Waals surface area contributed by atoms with Crippen molar-refractivity contribution in [2.45, 2.75) is 13.1 Å². The molecule has 0 atom stereocenters. The fourth-order valence-corrected chi connectivity index (χ4v) is 1.81. The first-order chi connectivity index (χ1) is 9.78. The molecule has 2 rings (SSSR count). The van der Waals surface area contributed by atoms with E-state index in [1.165, 1.54) is 17.7 Å². The molecule has 0 aliphatic carbocycles. The molecule has 1 N–H and O–H groups in total. The molecule has 2 nitrogen and oxygen atoms in total. The highest BCUT2D eigenvalue weighted by Crippen LogP contribution is 2.12. The van der Waals surface area contributed by atoms with Gasteiger partial charge in [-0.3, -0.25) is 0 Å². The number of benzene rings is 2. The van der Waals surface area contributed by atoms with Gasteiger partial charge in [0, 0.05) is 13.1 Å². The summed E-state index contributed by atoms with van der Waals surface area (Å²) in [5, 5.41) is 3.32. The van der Waals surface area contributed by atoms with Gasteiger partial charge in [-0.25, -0.2) is 4.39 Å². The van der Waals surface area contributed by atoms with Crippen LogP contribution in [-0.2, 0) is 13.1 Å². The fraction of sp³-hybridized carbons (Fsp3) is 0.176. The van der Waals surface area contributed by atoms with E-state index < -0.39 is 0 Å². The van der Waals surface area contributed by atoms with Crippen molar-refractivity contribution in [3.63, 3.8) is 0 Å². The van der Waals surface area contributed by atoms with Gasteiger partial charge in [0.25, 0.3) is 0 Å². The van der Waals surface area contributed by atoms with Crippen LogP contribution in [0.5, 0.6) is 5.75 Å². The summed E-state index contributed by atoms with van der Waals surface area (Å²) in [6.07, 6.45) is 1.72. The quantitative estimate of drug-likeness (QED) is 0.776. The van der Waals surface area contributed by atoms with E-state index in [0.29, 0.717) is 6.61 Å². The van der Waals surface area contributed by atoms with E-state index in [1.54, 1.807) is 18.2 Å². The normalized spacial score (nSPS) is 10.2. The maximum Gasteiger partial charge on any atom is 0.123 e. The van der Waals surface area contributed by atoms with Crippen LogP contribution in [0.4, 0.5) is 4.39 Å². The van der Waals surface area contributed by atoms with Crippen LogP contribution in [0.15, 0.2) is 61.2 Å². The third-order valence-corrected chi connectivity index (χ3v) is 2.86. The summed E-state index contributed by atoms with van der Waals surface area (Å²) in [6, 6.07) is 14.5. The molecule has 2 aromatic rings. The van der Waals surface area contributed by atoms with Crippen molar-refractivity contribution in [1.82, 2.24) is 5.32 Å². The lowest BCUT2D eigenvalue weighted by Gasteiger charge is -2.07. The van der Waals surface area contributed by atoms with Crippen molar-refractivity contribution < 1.29 is 9.13 Å². The van der Waals surface area contributed by atoms with Crippen LogP contribution in [-0.4, -0.2) is 6.61 Å². The summed E-state index contributed by atoms with van der Waals surface area (Å²) in [5.74, 6) is 0.635. The molecule has 0 amide bonds. The summed E-state index contributed by atoms with van der Waals surface area (Å²) < 4.78 is 18.2. The van der Waals surface area contributed by atoms with Crippen LogP contribution < -0.4 is 10.1 Å². The van der Waals surface area contributed by atoms with Crippen molar-refractivity contribution in [3.05, 3.63) is 78.1 Å². The van der Waals surface area contributed by atoms with E-state index in [-0.39, 0.29) is 5.82 Å². The van der Waals surface area contributed by atoms with Gasteiger partial charge >= 0.3 is 0 Å². The summed E-state index contributed by atoms with van der Waals surface area (Å²) in [5.41, 5.74) is 2.25. The predicted molar refractivity (Wildman–Crippen MR) is 79.1 cm³/mol. The molecule has 0 aliphatic rings. The second-order valence-corrected chi connectivity index (χ2v) is 4.47. The average Bonchev–Trinajstić information content (AvgIpc) is 2.48. The molecule has 0 radical (unpaired) electrons. The van der Waals surface area contributed by atoms with Crippen LogP contribution in [0.2, 0.25) is 0 Å². The van der Waals surface area contributed by atoms with Gasteiger partial charge in [0.1, 0.15) is 18.2 Å². The Hall–Kier alpha value is -2.13. The Bertz CT molecular complexity index is 534. The highest BCUT2D eigenvalue weighted by Gasteiger charge is 1.97. The zero-order valence-corrected chi connectivity index (χ0v) is 11.3. The first kappa shape index (κ1) is 14.3. The molecule has 2 aromatic carbocycles. The fourth-order valence-electron chi connectivity index (χ4n) is 1.81. The van der Waals surface area contributed by atoms with Crippen LogP contribution >= 0.6 is 0 Å². The Morgan fingerprint density at radius 1 is 0.950 bits per heavy atom. The maximum atomic E-state index is 12.8. The van der Waals surface area contributed by atoms with Crippen molar-refractivity contribution in [1.29, 1.82) is 0 Å². The molecule has 0 saturated heterocycles. The number of rotatable bonds is 7. The van der Waals surface area contributed by atoms with Crippen molar-refractivity contribution in [3.8, 4) is 5.75 Å². The van der Waals surface area contributed by atoms with Gasteiger partial charge in [-0.1, -0.05) is 36.9 Å². The SMILES string of the molecule is C=CCOc1ccc(CNCc2ccc(F)cc2)cc1. The molecule has 3 heteroatoms. The monoisotopic (exact) mass is 271 g/mol. The molecule has 0 fully saturated rings. The van der Waals surface area contributed by atoms with Crippen molar-refractivity contribution in [2.75, 3.05) is 6.61 Å². The first-order valence-corrected chi connectivity index (χ1v) is 6.56. The smallest absolute Gasteiger partial charge is 0.123 e. The lowest BCUT2D eigenvalue weighted by Crippen LogP contribution is -2.12. The van der Waals surface area contributed by atoms with Crippen molar-refractivity contribution >= 4 is 0 Å². The van der Waals surface area contributed by atoms with Crippen LogP contribution in [0.25, 0.3) is 0 Å². The van der Waals surface area contributed by atoms with E-state index in [4.69, 9.17) is 4.74 Å². The molecule has 0 spiro atoms. The predicted octanol–water partition coefficient (Wildman–Crippen LogP) is 3.68. The Balaban J connectivity index is 1.79. The van der Waals surface area contributed by atoms with E-state index >= 15 is 0 Å². The van der Waals surface area contributed by atoms with E-state index in [9.17, 15) is 4.39 Å². The van der Waals surface area contributed by atoms with E-state index in [2.05, 4.69) is 11.9 Å². The minimum Gasteiger partial charge on any atom is -0.490 e. The zero-order chi connectivity index (χ0) is 14.2. The minimum absolute atomic E-state index is 0.205. The number of hydrogen-bond acceptors (Lipinski definition) is 2. The van der Waals surface area contributed by atoms with Gasteiger partial charge in [-0.2, -0.15) is 0 Å². The van der Waals surface area contributed by atoms with Gasteiger partial charge in [0.05, 0.1) is 0 Å². The Labute approximate surface area is 118 Å². The standard InChI is InChI=1S/C17H18FNO/c1-2-11-20-17-9-5-15(6-10-17)13-19-12-14-3-7-16(18)8-4-14/h2-10,19H,1,11-13H2. The highest BCUT2D eigenvalue weighted by atomic mass is 19.1. The number of nitrogens with one attached hydrogen (secondary N) is 1. The third-order valence-electron chi connectivity index (χ3n) is 2.86. The molecule has 0 unspecified atom stereocenters. The molecular formula is C17H18FNO. The molecule has 0 saturated carbocycles. The number of hydrogen-bond donors (Lipinski definition) is 1. The third kappa shape index (κ3) is 4.52. The van der Waals surface area contributed by atoms with Crippen LogP contribution in [0, 0.1) is 5.82 Å². The topological polar surface area (TPSA) is 21.3 Å². The molecule has 0 heterocycles. The lowest BCUT2D eigenvalue weighted by atomic mass is 10.2. The maximum absolute atomic E-state index is 12.8. The molecule has 104 valence electrons. The largest absolute Gasteiger partial charge is 0.490 e. The summed E-state index contributed by atoms with van der Waals surface area (Å²) >= 11 is 0.